The number of hydrogen-bond acceptors (Lipinski definition) is 2. The van der Waals surface area contributed by atoms with Crippen LogP contribution in [0.15, 0.2) is 29.2 Å². The average Bonchev–Trinajstić information content (AvgIpc) is 2.65. The number of aliphatic hydroxyl groups excluding tert-OH is 1. The van der Waals surface area contributed by atoms with Gasteiger partial charge in [0.15, 0.2) is 0 Å². The van der Waals surface area contributed by atoms with Gasteiger partial charge < -0.3 is 9.52 Å². The second kappa shape index (κ2) is 5.76. The Labute approximate surface area is 91.6 Å². The molecule has 1 aromatic rings. The molecule has 0 fully saturated rings. The molecule has 1 N–H and O–H groups in total. The highest BCUT2D eigenvalue weighted by Crippen LogP contribution is 2.23. The van der Waals surface area contributed by atoms with E-state index in [1.54, 1.807) is 0 Å². The first-order valence-corrected chi connectivity index (χ1v) is 5.52. The van der Waals surface area contributed by atoms with Crippen LogP contribution in [0.1, 0.15) is 44.3 Å². The Morgan fingerprint density at radius 2 is 2.20 bits per heavy atom. The predicted molar refractivity (Wildman–Crippen MR) is 61.6 cm³/mol. The van der Waals surface area contributed by atoms with Gasteiger partial charge in [-0.1, -0.05) is 19.9 Å². The summed E-state index contributed by atoms with van der Waals surface area (Å²) in [5.74, 6) is 1.82. The van der Waals surface area contributed by atoms with Crippen LogP contribution in [-0.2, 0) is 6.42 Å². The highest BCUT2D eigenvalue weighted by molar-refractivity contribution is 5.10. The monoisotopic (exact) mass is 208 g/mol. The van der Waals surface area contributed by atoms with Crippen LogP contribution < -0.4 is 0 Å². The van der Waals surface area contributed by atoms with E-state index in [-0.39, 0.29) is 5.92 Å². The lowest BCUT2D eigenvalue weighted by atomic mass is 10.1. The molecule has 84 valence electrons. The fourth-order valence-corrected chi connectivity index (χ4v) is 1.44. The Hall–Kier alpha value is -1.02. The fraction of sp³-hybridized carbons (Fsp3) is 0.538. The summed E-state index contributed by atoms with van der Waals surface area (Å²) in [6.07, 6.45) is 4.39. The smallest absolute Gasteiger partial charge is 0.132 e. The van der Waals surface area contributed by atoms with Crippen LogP contribution in [0.2, 0.25) is 0 Å². The molecule has 0 saturated heterocycles. The molecule has 2 heteroatoms. The molecule has 0 bridgehead atoms. The molecule has 0 saturated carbocycles. The maximum absolute atomic E-state index is 9.77. The molecule has 1 atom stereocenters. The zero-order valence-corrected chi connectivity index (χ0v) is 9.57. The molecule has 0 aliphatic carbocycles. The topological polar surface area (TPSA) is 33.4 Å². The molecule has 1 aromatic heterocycles. The van der Waals surface area contributed by atoms with Crippen molar-refractivity contribution in [2.24, 2.45) is 5.92 Å². The highest BCUT2D eigenvalue weighted by Gasteiger charge is 2.15. The summed E-state index contributed by atoms with van der Waals surface area (Å²) in [7, 11) is 0. The van der Waals surface area contributed by atoms with Crippen LogP contribution in [0.4, 0.5) is 0 Å². The van der Waals surface area contributed by atoms with Gasteiger partial charge in [-0.15, -0.1) is 6.58 Å². The van der Waals surface area contributed by atoms with Gasteiger partial charge in [-0.3, -0.25) is 0 Å². The Kier molecular flexibility index (Phi) is 4.63. The highest BCUT2D eigenvalue weighted by atomic mass is 16.4. The number of unbranched alkanes of at least 4 members (excludes halogenated alkanes) is 1. The lowest BCUT2D eigenvalue weighted by molar-refractivity contribution is 0.101. The average molecular weight is 208 g/mol. The fourth-order valence-electron chi connectivity index (χ4n) is 1.44. The van der Waals surface area contributed by atoms with Crippen LogP contribution >= 0.6 is 0 Å². The Balaban J connectivity index is 2.52. The summed E-state index contributed by atoms with van der Waals surface area (Å²) in [6.45, 7) is 7.63. The summed E-state index contributed by atoms with van der Waals surface area (Å²) in [5.41, 5.74) is 0. The first-order chi connectivity index (χ1) is 7.15. The molecule has 0 spiro atoms. The third-order valence-corrected chi connectivity index (χ3v) is 2.44. The van der Waals surface area contributed by atoms with Crippen LogP contribution in [0.3, 0.4) is 0 Å². The van der Waals surface area contributed by atoms with E-state index in [9.17, 15) is 5.11 Å². The maximum Gasteiger partial charge on any atom is 0.132 e. The van der Waals surface area contributed by atoms with Gasteiger partial charge >= 0.3 is 0 Å². The van der Waals surface area contributed by atoms with Gasteiger partial charge in [-0.05, 0) is 30.9 Å². The van der Waals surface area contributed by atoms with E-state index in [0.717, 1.165) is 25.0 Å². The molecular weight excluding hydrogens is 188 g/mol. The normalized spacial score (nSPS) is 13.1. The van der Waals surface area contributed by atoms with Crippen LogP contribution in [-0.4, -0.2) is 5.11 Å². The van der Waals surface area contributed by atoms with Crippen LogP contribution in [0.25, 0.3) is 0 Å². The second-order valence-corrected chi connectivity index (χ2v) is 4.17. The number of allylic oxidation sites excluding steroid dienone is 1. The van der Waals surface area contributed by atoms with Crippen LogP contribution in [0.5, 0.6) is 0 Å². The van der Waals surface area contributed by atoms with E-state index in [4.69, 9.17) is 4.42 Å². The zero-order valence-electron chi connectivity index (χ0n) is 9.57. The Morgan fingerprint density at radius 1 is 1.47 bits per heavy atom. The molecular formula is C13H20O2. The second-order valence-electron chi connectivity index (χ2n) is 4.17. The Bertz CT molecular complexity index is 299. The minimum absolute atomic E-state index is 0.192. The first kappa shape index (κ1) is 12.1. The summed E-state index contributed by atoms with van der Waals surface area (Å²) >= 11 is 0. The van der Waals surface area contributed by atoms with Crippen molar-refractivity contribution >= 4 is 0 Å². The van der Waals surface area contributed by atoms with Crippen LogP contribution in [0, 0.1) is 5.92 Å². The largest absolute Gasteiger partial charge is 0.463 e. The van der Waals surface area contributed by atoms with E-state index in [2.05, 4.69) is 6.58 Å². The van der Waals surface area contributed by atoms with Gasteiger partial charge in [0.25, 0.3) is 0 Å². The van der Waals surface area contributed by atoms with Gasteiger partial charge in [0.1, 0.15) is 17.6 Å². The number of furan rings is 1. The molecule has 0 aromatic carbocycles. The van der Waals surface area contributed by atoms with Gasteiger partial charge in [0.05, 0.1) is 0 Å². The standard InChI is InChI=1S/C13H20O2/c1-4-5-6-7-11-8-9-12(15-11)13(14)10(2)3/h4,8-10,13-14H,1,5-7H2,2-3H3. The molecule has 1 rings (SSSR count). The van der Waals surface area contributed by atoms with Gasteiger partial charge in [-0.25, -0.2) is 0 Å². The number of aliphatic hydroxyl groups is 1. The lowest BCUT2D eigenvalue weighted by Gasteiger charge is -2.10. The first-order valence-electron chi connectivity index (χ1n) is 5.52. The maximum atomic E-state index is 9.77. The molecule has 2 nitrogen and oxygen atoms in total. The molecule has 1 unspecified atom stereocenters. The van der Waals surface area contributed by atoms with Crippen molar-refractivity contribution < 1.29 is 9.52 Å². The summed E-state index contributed by atoms with van der Waals surface area (Å²) in [6, 6.07) is 3.82. The molecule has 0 radical (unpaired) electrons. The molecule has 0 aliphatic heterocycles. The van der Waals surface area contributed by atoms with Gasteiger partial charge in [0, 0.05) is 6.42 Å². The van der Waals surface area contributed by atoms with Crippen molar-refractivity contribution in [2.45, 2.75) is 39.2 Å². The van der Waals surface area contributed by atoms with E-state index >= 15 is 0 Å². The van der Waals surface area contributed by atoms with E-state index in [0.29, 0.717) is 5.76 Å². The molecule has 0 aliphatic rings. The summed E-state index contributed by atoms with van der Waals surface area (Å²) in [5, 5.41) is 9.77. The van der Waals surface area contributed by atoms with Crippen molar-refractivity contribution in [3.63, 3.8) is 0 Å². The minimum Gasteiger partial charge on any atom is -0.463 e. The summed E-state index contributed by atoms with van der Waals surface area (Å²) < 4.78 is 5.57. The van der Waals surface area contributed by atoms with Crippen molar-refractivity contribution in [1.29, 1.82) is 0 Å². The lowest BCUT2D eigenvalue weighted by Crippen LogP contribution is -2.03. The number of hydrogen-bond donors (Lipinski definition) is 1. The SMILES string of the molecule is C=CCCCc1ccc(C(O)C(C)C)o1. The third kappa shape index (κ3) is 3.56. The number of rotatable bonds is 6. The van der Waals surface area contributed by atoms with Crippen molar-refractivity contribution in [2.75, 3.05) is 0 Å². The zero-order chi connectivity index (χ0) is 11.3. The summed E-state index contributed by atoms with van der Waals surface area (Å²) in [4.78, 5) is 0. The molecule has 0 amide bonds. The van der Waals surface area contributed by atoms with E-state index in [1.165, 1.54) is 0 Å². The number of aryl methyl sites for hydroxylation is 1. The minimum atomic E-state index is -0.488. The van der Waals surface area contributed by atoms with Crippen molar-refractivity contribution in [3.8, 4) is 0 Å². The van der Waals surface area contributed by atoms with Gasteiger partial charge in [0.2, 0.25) is 0 Å². The Morgan fingerprint density at radius 3 is 2.80 bits per heavy atom. The predicted octanol–water partition coefficient (Wildman–Crippen LogP) is 3.48. The molecule has 15 heavy (non-hydrogen) atoms. The quantitative estimate of drug-likeness (QED) is 0.573. The van der Waals surface area contributed by atoms with E-state index in [1.807, 2.05) is 32.1 Å². The van der Waals surface area contributed by atoms with E-state index < -0.39 is 6.10 Å². The third-order valence-electron chi connectivity index (χ3n) is 2.44. The molecule has 1 heterocycles. The van der Waals surface area contributed by atoms with Gasteiger partial charge in [-0.2, -0.15) is 0 Å². The van der Waals surface area contributed by atoms with Crippen molar-refractivity contribution in [3.05, 3.63) is 36.3 Å². The van der Waals surface area contributed by atoms with Crippen molar-refractivity contribution in [1.82, 2.24) is 0 Å².